The molecule has 1 amide bonds. The van der Waals surface area contributed by atoms with E-state index in [2.05, 4.69) is 4.98 Å². The number of amides is 1. The van der Waals surface area contributed by atoms with E-state index in [-0.39, 0.29) is 15.6 Å². The molecule has 0 aliphatic carbocycles. The SMILES string of the molecule is COc1ccc(S(=O)(=O)NC(=O)c2ccc(Cl)nc2)cc1. The molecule has 1 aromatic heterocycles. The second kappa shape index (κ2) is 6.11. The van der Waals surface area contributed by atoms with Crippen LogP contribution >= 0.6 is 11.6 Å². The third-order valence-electron chi connectivity index (χ3n) is 2.59. The van der Waals surface area contributed by atoms with Gasteiger partial charge in [-0.1, -0.05) is 11.6 Å². The molecule has 0 radical (unpaired) electrons. The highest BCUT2D eigenvalue weighted by Crippen LogP contribution is 2.15. The summed E-state index contributed by atoms with van der Waals surface area (Å²) >= 11 is 5.60. The molecule has 1 aromatic carbocycles. The Kier molecular flexibility index (Phi) is 4.44. The van der Waals surface area contributed by atoms with E-state index in [9.17, 15) is 13.2 Å². The number of ether oxygens (including phenoxy) is 1. The third-order valence-corrected chi connectivity index (χ3v) is 4.16. The summed E-state index contributed by atoms with van der Waals surface area (Å²) < 4.78 is 31.0. The minimum Gasteiger partial charge on any atom is -0.497 e. The molecule has 0 aliphatic heterocycles. The van der Waals surface area contributed by atoms with Gasteiger partial charge in [0.15, 0.2) is 0 Å². The Morgan fingerprint density at radius 3 is 2.38 bits per heavy atom. The van der Waals surface area contributed by atoms with Crippen LogP contribution in [0.1, 0.15) is 10.4 Å². The second-order valence-corrected chi connectivity index (χ2v) is 6.05. The molecule has 8 heteroatoms. The zero-order chi connectivity index (χ0) is 15.5. The fourth-order valence-electron chi connectivity index (χ4n) is 1.50. The first-order valence-electron chi connectivity index (χ1n) is 5.75. The number of carbonyl (C=O) groups excluding carboxylic acids is 1. The number of nitrogens with one attached hydrogen (secondary N) is 1. The number of rotatable bonds is 4. The Balaban J connectivity index is 2.20. The van der Waals surface area contributed by atoms with Crippen molar-refractivity contribution >= 4 is 27.5 Å². The summed E-state index contributed by atoms with van der Waals surface area (Å²) in [6.07, 6.45) is 1.20. The number of sulfonamides is 1. The van der Waals surface area contributed by atoms with E-state index in [0.717, 1.165) is 0 Å². The lowest BCUT2D eigenvalue weighted by molar-refractivity contribution is 0.0981. The van der Waals surface area contributed by atoms with Crippen molar-refractivity contribution in [1.82, 2.24) is 9.71 Å². The van der Waals surface area contributed by atoms with Crippen LogP contribution in [0.15, 0.2) is 47.5 Å². The minimum absolute atomic E-state index is 0.0430. The predicted octanol–water partition coefficient (Wildman–Crippen LogP) is 1.86. The molecule has 0 atom stereocenters. The van der Waals surface area contributed by atoms with E-state index < -0.39 is 15.9 Å². The van der Waals surface area contributed by atoms with Gasteiger partial charge in [0, 0.05) is 6.20 Å². The van der Waals surface area contributed by atoms with Crippen molar-refractivity contribution in [2.45, 2.75) is 4.90 Å². The molecule has 0 saturated heterocycles. The fourth-order valence-corrected chi connectivity index (χ4v) is 2.59. The van der Waals surface area contributed by atoms with Gasteiger partial charge in [0.1, 0.15) is 10.9 Å². The van der Waals surface area contributed by atoms with Gasteiger partial charge in [-0.05, 0) is 36.4 Å². The first kappa shape index (κ1) is 15.3. The number of aromatic nitrogens is 1. The molecular formula is C13H11ClN2O4S. The number of benzene rings is 1. The minimum atomic E-state index is -3.96. The lowest BCUT2D eigenvalue weighted by Crippen LogP contribution is -2.30. The predicted molar refractivity (Wildman–Crippen MR) is 76.9 cm³/mol. The zero-order valence-corrected chi connectivity index (χ0v) is 12.5. The van der Waals surface area contributed by atoms with Crippen LogP contribution in [-0.4, -0.2) is 26.4 Å². The quantitative estimate of drug-likeness (QED) is 0.867. The maximum Gasteiger partial charge on any atom is 0.266 e. The van der Waals surface area contributed by atoms with Gasteiger partial charge >= 0.3 is 0 Å². The van der Waals surface area contributed by atoms with Gasteiger partial charge in [0.05, 0.1) is 17.6 Å². The molecule has 6 nitrogen and oxygen atoms in total. The molecule has 0 aliphatic rings. The Hall–Kier alpha value is -2.12. The largest absolute Gasteiger partial charge is 0.497 e. The van der Waals surface area contributed by atoms with Crippen molar-refractivity contribution < 1.29 is 17.9 Å². The van der Waals surface area contributed by atoms with Crippen molar-refractivity contribution in [2.75, 3.05) is 7.11 Å². The maximum atomic E-state index is 12.1. The van der Waals surface area contributed by atoms with E-state index in [1.165, 1.54) is 49.7 Å². The molecule has 0 fully saturated rings. The standard InChI is InChI=1S/C13H11ClN2O4S/c1-20-10-3-5-11(6-4-10)21(18,19)16-13(17)9-2-7-12(14)15-8-9/h2-8H,1H3,(H,16,17). The summed E-state index contributed by atoms with van der Waals surface area (Å²) in [6.45, 7) is 0. The van der Waals surface area contributed by atoms with Gasteiger partial charge in [-0.25, -0.2) is 18.1 Å². The number of methoxy groups -OCH3 is 1. The van der Waals surface area contributed by atoms with Crippen molar-refractivity contribution in [2.24, 2.45) is 0 Å². The Bertz CT molecular complexity index is 743. The van der Waals surface area contributed by atoms with Gasteiger partial charge in [-0.2, -0.15) is 0 Å². The number of hydrogen-bond acceptors (Lipinski definition) is 5. The molecule has 0 bridgehead atoms. The van der Waals surface area contributed by atoms with E-state index >= 15 is 0 Å². The lowest BCUT2D eigenvalue weighted by atomic mass is 10.3. The maximum absolute atomic E-state index is 12.1. The molecule has 1 heterocycles. The van der Waals surface area contributed by atoms with Crippen molar-refractivity contribution in [3.05, 3.63) is 53.3 Å². The van der Waals surface area contributed by atoms with Gasteiger partial charge in [-0.15, -0.1) is 0 Å². The van der Waals surface area contributed by atoms with Crippen molar-refractivity contribution in [3.8, 4) is 5.75 Å². The Morgan fingerprint density at radius 2 is 1.86 bits per heavy atom. The highest BCUT2D eigenvalue weighted by atomic mass is 35.5. The van der Waals surface area contributed by atoms with Gasteiger partial charge in [0.25, 0.3) is 15.9 Å². The summed E-state index contributed by atoms with van der Waals surface area (Å²) in [6, 6.07) is 8.44. The first-order chi connectivity index (χ1) is 9.92. The number of hydrogen-bond donors (Lipinski definition) is 1. The van der Waals surface area contributed by atoms with Gasteiger partial charge in [0.2, 0.25) is 0 Å². The third kappa shape index (κ3) is 3.71. The van der Waals surface area contributed by atoms with E-state index in [4.69, 9.17) is 16.3 Å². The molecule has 0 saturated carbocycles. The molecule has 110 valence electrons. The topological polar surface area (TPSA) is 85.4 Å². The average molecular weight is 327 g/mol. The van der Waals surface area contributed by atoms with Gasteiger partial charge < -0.3 is 4.74 Å². The summed E-state index contributed by atoms with van der Waals surface area (Å²) in [5.74, 6) is -0.267. The van der Waals surface area contributed by atoms with E-state index in [1.54, 1.807) is 0 Å². The molecule has 2 aromatic rings. The molecule has 1 N–H and O–H groups in total. The van der Waals surface area contributed by atoms with Crippen LogP contribution in [0.2, 0.25) is 5.15 Å². The molecule has 0 spiro atoms. The summed E-state index contributed by atoms with van der Waals surface area (Å²) in [4.78, 5) is 15.5. The van der Waals surface area contributed by atoms with E-state index in [1.807, 2.05) is 4.72 Å². The van der Waals surface area contributed by atoms with Crippen LogP contribution in [0, 0.1) is 0 Å². The monoisotopic (exact) mass is 326 g/mol. The first-order valence-corrected chi connectivity index (χ1v) is 7.61. The van der Waals surface area contributed by atoms with E-state index in [0.29, 0.717) is 5.75 Å². The molecule has 21 heavy (non-hydrogen) atoms. The molecular weight excluding hydrogens is 316 g/mol. The Morgan fingerprint density at radius 1 is 1.19 bits per heavy atom. The van der Waals surface area contributed by atoms with Crippen LogP contribution in [0.3, 0.4) is 0 Å². The smallest absolute Gasteiger partial charge is 0.266 e. The van der Waals surface area contributed by atoms with Crippen molar-refractivity contribution in [3.63, 3.8) is 0 Å². The summed E-state index contributed by atoms with van der Waals surface area (Å²) in [5.41, 5.74) is 0.0940. The fraction of sp³-hybridized carbons (Fsp3) is 0.0769. The normalized spacial score (nSPS) is 11.0. The van der Waals surface area contributed by atoms with Crippen molar-refractivity contribution in [1.29, 1.82) is 0 Å². The lowest BCUT2D eigenvalue weighted by Gasteiger charge is -2.07. The number of nitrogens with zero attached hydrogens (tertiary/aromatic N) is 1. The van der Waals surface area contributed by atoms with Crippen LogP contribution in [0.4, 0.5) is 0 Å². The van der Waals surface area contributed by atoms with Crippen LogP contribution in [0.25, 0.3) is 0 Å². The molecule has 0 unspecified atom stereocenters. The molecule has 2 rings (SSSR count). The second-order valence-electron chi connectivity index (χ2n) is 3.98. The number of pyridine rings is 1. The van der Waals surface area contributed by atoms with Crippen LogP contribution < -0.4 is 9.46 Å². The number of carbonyl (C=O) groups is 1. The highest BCUT2D eigenvalue weighted by Gasteiger charge is 2.18. The summed E-state index contributed by atoms with van der Waals surface area (Å²) in [7, 11) is -2.49. The zero-order valence-electron chi connectivity index (χ0n) is 10.9. The van der Waals surface area contributed by atoms with Crippen LogP contribution in [-0.2, 0) is 10.0 Å². The number of halogens is 1. The van der Waals surface area contributed by atoms with Gasteiger partial charge in [-0.3, -0.25) is 4.79 Å². The summed E-state index contributed by atoms with van der Waals surface area (Å²) in [5, 5.41) is 0.213. The Labute approximate surface area is 126 Å². The highest BCUT2D eigenvalue weighted by molar-refractivity contribution is 7.90. The van der Waals surface area contributed by atoms with Crippen LogP contribution in [0.5, 0.6) is 5.75 Å². The average Bonchev–Trinajstić information content (AvgIpc) is 2.47.